The minimum absolute atomic E-state index is 0.118. The number of carbonyl (C=O) groups excluding carboxylic acids is 1. The molecule has 0 bridgehead atoms. The van der Waals surface area contributed by atoms with Crippen molar-refractivity contribution in [3.63, 3.8) is 0 Å². The van der Waals surface area contributed by atoms with Gasteiger partial charge in [-0.2, -0.15) is 0 Å². The molecule has 0 atom stereocenters. The first-order valence-electron chi connectivity index (χ1n) is 6.93. The molecule has 1 amide bonds. The van der Waals surface area contributed by atoms with Crippen molar-refractivity contribution in [2.75, 3.05) is 23.0 Å². The Morgan fingerprint density at radius 3 is 2.70 bits per heavy atom. The van der Waals surface area contributed by atoms with E-state index in [0.29, 0.717) is 18.1 Å². The number of ether oxygens (including phenoxy) is 1. The number of hydrogen-bond acceptors (Lipinski definition) is 4. The number of anilines is 3. The first kappa shape index (κ1) is 16.3. The SMILES string of the molecule is C=CCOC(=O)Nc1ccc(NCc2ccc(F)cc2)[nH+]c1N. The number of H-pyrrole nitrogens is 1. The molecule has 0 unspecified atom stereocenters. The summed E-state index contributed by atoms with van der Waals surface area (Å²) in [6, 6.07) is 9.55. The summed E-state index contributed by atoms with van der Waals surface area (Å²) in [5, 5.41) is 5.64. The van der Waals surface area contributed by atoms with E-state index in [1.807, 2.05) is 0 Å². The Morgan fingerprint density at radius 2 is 2.04 bits per heavy atom. The minimum Gasteiger partial charge on any atom is -0.445 e. The molecule has 7 heteroatoms. The summed E-state index contributed by atoms with van der Waals surface area (Å²) in [6.45, 7) is 4.08. The highest BCUT2D eigenvalue weighted by molar-refractivity contribution is 5.87. The summed E-state index contributed by atoms with van der Waals surface area (Å²) in [6.07, 6.45) is 0.856. The van der Waals surface area contributed by atoms with Crippen molar-refractivity contribution in [3.8, 4) is 0 Å². The summed E-state index contributed by atoms with van der Waals surface area (Å²) in [5.74, 6) is 0.671. The molecule has 5 N–H and O–H groups in total. The first-order valence-corrected chi connectivity index (χ1v) is 6.93. The van der Waals surface area contributed by atoms with Gasteiger partial charge in [-0.3, -0.25) is 5.32 Å². The van der Waals surface area contributed by atoms with Crippen LogP contribution in [0.5, 0.6) is 0 Å². The van der Waals surface area contributed by atoms with E-state index in [0.717, 1.165) is 5.56 Å². The molecule has 1 aromatic heterocycles. The summed E-state index contributed by atoms with van der Waals surface area (Å²) in [5.41, 5.74) is 7.18. The van der Waals surface area contributed by atoms with Crippen molar-refractivity contribution >= 4 is 23.4 Å². The Bertz CT molecular complexity index is 689. The Balaban J connectivity index is 1.94. The van der Waals surface area contributed by atoms with Gasteiger partial charge in [0.05, 0.1) is 6.54 Å². The number of aromatic nitrogens is 1. The number of rotatable bonds is 6. The third-order valence-corrected chi connectivity index (χ3v) is 2.94. The molecule has 0 saturated heterocycles. The van der Waals surface area contributed by atoms with E-state index in [1.165, 1.54) is 18.2 Å². The molecule has 0 radical (unpaired) electrons. The average Bonchev–Trinajstić information content (AvgIpc) is 2.54. The summed E-state index contributed by atoms with van der Waals surface area (Å²) in [4.78, 5) is 14.4. The first-order chi connectivity index (χ1) is 11.1. The van der Waals surface area contributed by atoms with Crippen LogP contribution in [0.2, 0.25) is 0 Å². The highest BCUT2D eigenvalue weighted by atomic mass is 19.1. The van der Waals surface area contributed by atoms with Crippen LogP contribution in [0.25, 0.3) is 0 Å². The Hall–Kier alpha value is -3.09. The van der Waals surface area contributed by atoms with Gasteiger partial charge in [-0.05, 0) is 23.8 Å². The van der Waals surface area contributed by atoms with Crippen LogP contribution in [0, 0.1) is 5.82 Å². The van der Waals surface area contributed by atoms with Crippen molar-refractivity contribution in [3.05, 3.63) is 60.4 Å². The molecular formula is C16H18FN4O2+. The maximum absolute atomic E-state index is 12.8. The molecule has 2 aromatic rings. The molecule has 6 nitrogen and oxygen atoms in total. The van der Waals surface area contributed by atoms with Gasteiger partial charge in [-0.1, -0.05) is 24.8 Å². The molecule has 0 aliphatic carbocycles. The number of aromatic amines is 1. The van der Waals surface area contributed by atoms with Gasteiger partial charge in [0.25, 0.3) is 0 Å². The van der Waals surface area contributed by atoms with Crippen molar-refractivity contribution in [2.24, 2.45) is 0 Å². The fourth-order valence-corrected chi connectivity index (χ4v) is 1.80. The molecule has 0 spiro atoms. The molecule has 0 aliphatic heterocycles. The number of hydrogen-bond donors (Lipinski definition) is 3. The van der Waals surface area contributed by atoms with Gasteiger partial charge in [0.1, 0.15) is 18.1 Å². The third kappa shape index (κ3) is 4.99. The lowest BCUT2D eigenvalue weighted by Crippen LogP contribution is -2.21. The topological polar surface area (TPSA) is 90.5 Å². The second kappa shape index (κ2) is 7.79. The molecular weight excluding hydrogens is 299 g/mol. The zero-order valence-electron chi connectivity index (χ0n) is 12.4. The molecule has 120 valence electrons. The standard InChI is InChI=1S/C16H17FN4O2/c1-2-9-23-16(22)20-13-7-8-14(21-15(13)18)19-10-11-3-5-12(17)6-4-11/h2-8H,1,9-10H2,(H,20,22)(H3,18,19,21)/p+1. The van der Waals surface area contributed by atoms with Gasteiger partial charge in [0.2, 0.25) is 11.6 Å². The lowest BCUT2D eigenvalue weighted by atomic mass is 10.2. The zero-order valence-corrected chi connectivity index (χ0v) is 12.4. The predicted octanol–water partition coefficient (Wildman–Crippen LogP) is 2.57. The van der Waals surface area contributed by atoms with Crippen molar-refractivity contribution < 1.29 is 18.9 Å². The van der Waals surface area contributed by atoms with E-state index in [9.17, 15) is 9.18 Å². The Morgan fingerprint density at radius 1 is 1.30 bits per heavy atom. The number of amides is 1. The van der Waals surface area contributed by atoms with E-state index < -0.39 is 6.09 Å². The van der Waals surface area contributed by atoms with Crippen molar-refractivity contribution in [1.29, 1.82) is 0 Å². The fourth-order valence-electron chi connectivity index (χ4n) is 1.80. The van der Waals surface area contributed by atoms with E-state index in [1.54, 1.807) is 24.3 Å². The van der Waals surface area contributed by atoms with E-state index in [-0.39, 0.29) is 18.2 Å². The summed E-state index contributed by atoms with van der Waals surface area (Å²) in [7, 11) is 0. The van der Waals surface area contributed by atoms with Gasteiger partial charge in [-0.25, -0.2) is 14.2 Å². The quantitative estimate of drug-likeness (QED) is 0.714. The second-order valence-electron chi connectivity index (χ2n) is 4.69. The molecule has 23 heavy (non-hydrogen) atoms. The number of nitrogens with two attached hydrogens (primary N) is 1. The monoisotopic (exact) mass is 317 g/mol. The highest BCUT2D eigenvalue weighted by Crippen LogP contribution is 2.15. The Kier molecular flexibility index (Phi) is 5.51. The summed E-state index contributed by atoms with van der Waals surface area (Å²) < 4.78 is 17.6. The van der Waals surface area contributed by atoms with E-state index in [4.69, 9.17) is 10.5 Å². The minimum atomic E-state index is -0.614. The van der Waals surface area contributed by atoms with Crippen LogP contribution >= 0.6 is 0 Å². The van der Waals surface area contributed by atoms with Crippen LogP contribution in [0.1, 0.15) is 5.56 Å². The lowest BCUT2D eigenvalue weighted by molar-refractivity contribution is -0.342. The normalized spacial score (nSPS) is 9.96. The number of halogens is 1. The second-order valence-corrected chi connectivity index (χ2v) is 4.69. The van der Waals surface area contributed by atoms with Crippen LogP contribution < -0.4 is 21.4 Å². The van der Waals surface area contributed by atoms with Crippen molar-refractivity contribution in [2.45, 2.75) is 6.54 Å². The Labute approximate surface area is 133 Å². The zero-order chi connectivity index (χ0) is 16.7. The number of carbonyl (C=O) groups is 1. The van der Waals surface area contributed by atoms with Crippen LogP contribution in [-0.4, -0.2) is 12.7 Å². The maximum Gasteiger partial charge on any atom is 0.412 e. The smallest absolute Gasteiger partial charge is 0.412 e. The number of pyridine rings is 1. The predicted molar refractivity (Wildman–Crippen MR) is 86.3 cm³/mol. The van der Waals surface area contributed by atoms with Crippen LogP contribution in [0.4, 0.5) is 26.5 Å². The van der Waals surface area contributed by atoms with Crippen LogP contribution in [-0.2, 0) is 11.3 Å². The van der Waals surface area contributed by atoms with Gasteiger partial charge in [0.15, 0.2) is 0 Å². The molecule has 1 heterocycles. The fraction of sp³-hybridized carbons (Fsp3) is 0.125. The summed E-state index contributed by atoms with van der Waals surface area (Å²) >= 11 is 0. The number of nitrogens with one attached hydrogen (secondary N) is 3. The molecule has 0 saturated carbocycles. The van der Waals surface area contributed by atoms with Crippen LogP contribution in [0.3, 0.4) is 0 Å². The van der Waals surface area contributed by atoms with Crippen LogP contribution in [0.15, 0.2) is 49.1 Å². The van der Waals surface area contributed by atoms with Crippen molar-refractivity contribution in [1.82, 2.24) is 0 Å². The number of nitrogen functional groups attached to an aromatic ring is 1. The maximum atomic E-state index is 12.8. The van der Waals surface area contributed by atoms with Gasteiger partial charge in [0, 0.05) is 6.07 Å². The largest absolute Gasteiger partial charge is 0.445 e. The van der Waals surface area contributed by atoms with Gasteiger partial charge >= 0.3 is 6.09 Å². The average molecular weight is 317 g/mol. The molecule has 2 rings (SSSR count). The molecule has 0 fully saturated rings. The third-order valence-electron chi connectivity index (χ3n) is 2.94. The van der Waals surface area contributed by atoms with Gasteiger partial charge < -0.3 is 15.8 Å². The molecule has 0 aliphatic rings. The molecule has 1 aromatic carbocycles. The van der Waals surface area contributed by atoms with E-state index >= 15 is 0 Å². The number of benzene rings is 1. The highest BCUT2D eigenvalue weighted by Gasteiger charge is 2.10. The van der Waals surface area contributed by atoms with Gasteiger partial charge in [-0.15, -0.1) is 0 Å². The van der Waals surface area contributed by atoms with E-state index in [2.05, 4.69) is 22.2 Å². The lowest BCUT2D eigenvalue weighted by Gasteiger charge is -2.07.